The number of nitrogens with zero attached hydrogens (tertiary/aromatic N) is 3. The number of hydrogen-bond donors (Lipinski definition) is 2. The van der Waals surface area contributed by atoms with Crippen LogP contribution in [0.4, 0.5) is 10.5 Å². The predicted octanol–water partition coefficient (Wildman–Crippen LogP) is 5.49. The van der Waals surface area contributed by atoms with Crippen LogP contribution in [0.25, 0.3) is 11.4 Å². The maximum absolute atomic E-state index is 12.1. The Morgan fingerprint density at radius 3 is 2.55 bits per heavy atom. The third-order valence-corrected chi connectivity index (χ3v) is 5.63. The maximum atomic E-state index is 12.1. The molecule has 204 valence electrons. The number of carbonyl (C=O) groups is 3. The van der Waals surface area contributed by atoms with Gasteiger partial charge < -0.3 is 20.1 Å². The summed E-state index contributed by atoms with van der Waals surface area (Å²) in [5, 5.41) is 5.94. The van der Waals surface area contributed by atoms with E-state index in [0.717, 1.165) is 5.69 Å². The van der Waals surface area contributed by atoms with Gasteiger partial charge in [0.1, 0.15) is 0 Å². The van der Waals surface area contributed by atoms with E-state index in [2.05, 4.69) is 25.6 Å². The van der Waals surface area contributed by atoms with Crippen molar-refractivity contribution in [3.05, 3.63) is 65.4 Å². The van der Waals surface area contributed by atoms with Crippen molar-refractivity contribution in [1.29, 1.82) is 0 Å². The van der Waals surface area contributed by atoms with Gasteiger partial charge in [-0.1, -0.05) is 44.3 Å². The lowest BCUT2D eigenvalue weighted by atomic mass is 10.2. The minimum atomic E-state index is -0.570. The van der Waals surface area contributed by atoms with Crippen molar-refractivity contribution in [2.75, 3.05) is 30.8 Å². The summed E-state index contributed by atoms with van der Waals surface area (Å²) in [4.78, 5) is 48.8. The molecule has 0 saturated heterocycles. The number of thioether (sulfide) groups is 1. The molecular weight excluding hydrogens is 530 g/mol. The van der Waals surface area contributed by atoms with Crippen LogP contribution in [0.2, 0.25) is 5.02 Å². The molecule has 0 aliphatic rings. The van der Waals surface area contributed by atoms with Gasteiger partial charge in [0.05, 0.1) is 40.9 Å². The number of carbonyl (C=O) groups excluding carboxylic acids is 3. The minimum absolute atomic E-state index is 0. The van der Waals surface area contributed by atoms with Crippen LogP contribution in [0.15, 0.2) is 60.0 Å². The number of ether oxygens (including phenoxy) is 2. The zero-order valence-corrected chi connectivity index (χ0v) is 21.0. The second-order valence-corrected chi connectivity index (χ2v) is 8.45. The summed E-state index contributed by atoms with van der Waals surface area (Å²) in [6.07, 6.45) is 3.72. The Labute approximate surface area is 231 Å². The molecule has 12 heteroatoms. The number of aromatic nitrogens is 3. The van der Waals surface area contributed by atoms with E-state index in [4.69, 9.17) is 21.1 Å². The van der Waals surface area contributed by atoms with E-state index >= 15 is 0 Å². The number of nitrogens with one attached hydrogen (secondary N) is 2. The molecular formula is C26H32ClN5O5S. The van der Waals surface area contributed by atoms with Crippen LogP contribution in [-0.2, 0) is 14.3 Å². The first-order valence-corrected chi connectivity index (χ1v) is 12.4. The average Bonchev–Trinajstić information content (AvgIpc) is 2.89. The number of amides is 2. The Morgan fingerprint density at radius 2 is 1.82 bits per heavy atom. The summed E-state index contributed by atoms with van der Waals surface area (Å²) in [5.74, 6) is -0.929. The molecule has 0 fully saturated rings. The fourth-order valence-corrected chi connectivity index (χ4v) is 3.66. The second kappa shape index (κ2) is 16.9. The molecule has 3 aromatic rings. The predicted molar refractivity (Wildman–Crippen MR) is 149 cm³/mol. The first kappa shape index (κ1) is 32.3. The number of rotatable bonds is 11. The molecule has 0 aliphatic heterocycles. The molecule has 2 aromatic heterocycles. The Bertz CT molecular complexity index is 1200. The lowest BCUT2D eigenvalue weighted by molar-refractivity contribution is -0.140. The summed E-state index contributed by atoms with van der Waals surface area (Å²) < 4.78 is 10.1. The Balaban J connectivity index is 0.00000361. The van der Waals surface area contributed by atoms with E-state index in [1.165, 1.54) is 23.9 Å². The van der Waals surface area contributed by atoms with E-state index in [1.54, 1.807) is 31.5 Å². The van der Waals surface area contributed by atoms with Crippen LogP contribution in [-0.4, -0.2) is 58.4 Å². The van der Waals surface area contributed by atoms with Crippen LogP contribution < -0.4 is 10.6 Å². The van der Waals surface area contributed by atoms with Gasteiger partial charge in [-0.15, -0.1) is 0 Å². The summed E-state index contributed by atoms with van der Waals surface area (Å²) in [6.45, 7) is 2.32. The Hall–Kier alpha value is -3.70. The molecule has 2 heterocycles. The number of anilines is 1. The molecule has 1 aromatic carbocycles. The minimum Gasteiger partial charge on any atom is -0.465 e. The molecule has 0 unspecified atom stereocenters. The van der Waals surface area contributed by atoms with Crippen molar-refractivity contribution >= 4 is 47.0 Å². The summed E-state index contributed by atoms with van der Waals surface area (Å²) in [6, 6.07) is 11.3. The van der Waals surface area contributed by atoms with Gasteiger partial charge in [-0.25, -0.2) is 19.6 Å². The van der Waals surface area contributed by atoms with Crippen molar-refractivity contribution in [2.45, 2.75) is 33.4 Å². The fourth-order valence-electron chi connectivity index (χ4n) is 2.84. The molecule has 0 spiro atoms. The normalized spacial score (nSPS) is 9.84. The third kappa shape index (κ3) is 10.3. The fraction of sp³-hybridized carbons (Fsp3) is 0.308. The second-order valence-electron chi connectivity index (χ2n) is 7.10. The zero-order valence-electron chi connectivity index (χ0n) is 19.4. The standard InChI is InChI=1S/C24H24ClN5O5S.2CH4/c1-2-34-22(32)17-14-16(7-8-18(17)25)29-23(33)27-11-5-13-35-21(31)15-36-24-28-12-9-20(30-24)19-6-3-4-10-26-19;;/h3-4,6-10,12,14H,2,5,11,13,15H2,1H3,(H2,27,29,33);2*1H4. The van der Waals surface area contributed by atoms with Crippen molar-refractivity contribution in [3.8, 4) is 11.4 Å². The van der Waals surface area contributed by atoms with Crippen molar-refractivity contribution in [3.63, 3.8) is 0 Å². The van der Waals surface area contributed by atoms with Gasteiger partial charge in [0.2, 0.25) is 0 Å². The van der Waals surface area contributed by atoms with Crippen LogP contribution in [0, 0.1) is 0 Å². The van der Waals surface area contributed by atoms with E-state index in [9.17, 15) is 14.4 Å². The SMILES string of the molecule is C.C.CCOC(=O)c1cc(NC(=O)NCCCOC(=O)CSc2nccc(-c3ccccn3)n2)ccc1Cl. The molecule has 2 N–H and O–H groups in total. The molecule has 0 aliphatic carbocycles. The van der Waals surface area contributed by atoms with Gasteiger partial charge in [-0.2, -0.15) is 0 Å². The van der Waals surface area contributed by atoms with Gasteiger partial charge in [-0.3, -0.25) is 9.78 Å². The van der Waals surface area contributed by atoms with Gasteiger partial charge in [0, 0.05) is 24.6 Å². The average molecular weight is 562 g/mol. The number of pyridine rings is 1. The number of benzene rings is 1. The monoisotopic (exact) mass is 561 g/mol. The van der Waals surface area contributed by atoms with Gasteiger partial charge in [0.25, 0.3) is 0 Å². The maximum Gasteiger partial charge on any atom is 0.339 e. The quantitative estimate of drug-likeness (QED) is 0.135. The first-order valence-electron chi connectivity index (χ1n) is 11.0. The molecule has 0 saturated carbocycles. The number of urea groups is 1. The molecule has 0 atom stereocenters. The van der Waals surface area contributed by atoms with Crippen molar-refractivity contribution in [2.24, 2.45) is 0 Å². The number of hydrogen-bond acceptors (Lipinski definition) is 9. The summed E-state index contributed by atoms with van der Waals surface area (Å²) in [7, 11) is 0. The highest BCUT2D eigenvalue weighted by Gasteiger charge is 2.13. The van der Waals surface area contributed by atoms with Crippen molar-refractivity contribution in [1.82, 2.24) is 20.3 Å². The van der Waals surface area contributed by atoms with E-state index in [-0.39, 0.29) is 51.0 Å². The number of esters is 2. The summed E-state index contributed by atoms with van der Waals surface area (Å²) in [5.41, 5.74) is 1.94. The van der Waals surface area contributed by atoms with Crippen molar-refractivity contribution < 1.29 is 23.9 Å². The Morgan fingerprint density at radius 1 is 1.00 bits per heavy atom. The lowest BCUT2D eigenvalue weighted by Crippen LogP contribution is -2.30. The van der Waals surface area contributed by atoms with Crippen LogP contribution >= 0.6 is 23.4 Å². The zero-order chi connectivity index (χ0) is 25.8. The smallest absolute Gasteiger partial charge is 0.339 e. The topological polar surface area (TPSA) is 132 Å². The van der Waals surface area contributed by atoms with Crippen LogP contribution in [0.5, 0.6) is 0 Å². The Kier molecular flexibility index (Phi) is 14.4. The molecule has 3 rings (SSSR count). The molecule has 0 radical (unpaired) electrons. The molecule has 10 nitrogen and oxygen atoms in total. The first-order chi connectivity index (χ1) is 17.5. The lowest BCUT2D eigenvalue weighted by Gasteiger charge is -2.10. The molecule has 2 amide bonds. The summed E-state index contributed by atoms with van der Waals surface area (Å²) >= 11 is 7.18. The van der Waals surface area contributed by atoms with E-state index < -0.39 is 18.0 Å². The highest BCUT2D eigenvalue weighted by atomic mass is 35.5. The highest BCUT2D eigenvalue weighted by molar-refractivity contribution is 7.99. The third-order valence-electron chi connectivity index (χ3n) is 4.47. The van der Waals surface area contributed by atoms with Crippen LogP contribution in [0.3, 0.4) is 0 Å². The number of halogens is 1. The largest absolute Gasteiger partial charge is 0.465 e. The van der Waals surface area contributed by atoms with E-state index in [1.807, 2.05) is 18.2 Å². The van der Waals surface area contributed by atoms with Crippen LogP contribution in [0.1, 0.15) is 38.6 Å². The van der Waals surface area contributed by atoms with Gasteiger partial charge in [-0.05, 0) is 49.7 Å². The van der Waals surface area contributed by atoms with Gasteiger partial charge in [0.15, 0.2) is 5.16 Å². The van der Waals surface area contributed by atoms with E-state index in [0.29, 0.717) is 23.0 Å². The highest BCUT2D eigenvalue weighted by Crippen LogP contribution is 2.22. The molecule has 38 heavy (non-hydrogen) atoms. The molecule has 0 bridgehead atoms. The van der Waals surface area contributed by atoms with Gasteiger partial charge >= 0.3 is 18.0 Å².